The van der Waals surface area contributed by atoms with Gasteiger partial charge in [0.05, 0.1) is 0 Å². The van der Waals surface area contributed by atoms with Crippen molar-refractivity contribution in [2.45, 2.75) is 187 Å². The van der Waals surface area contributed by atoms with Gasteiger partial charge in [0.1, 0.15) is 0 Å². The Kier molecular flexibility index (Phi) is 32.9. The largest absolute Gasteiger partial charge is 0.306 e. The van der Waals surface area contributed by atoms with E-state index in [0.29, 0.717) is 0 Å². The molecule has 0 spiro atoms. The van der Waals surface area contributed by atoms with Gasteiger partial charge in [-0.2, -0.15) is 0 Å². The highest BCUT2D eigenvalue weighted by Gasteiger charge is 2.10. The van der Waals surface area contributed by atoms with Crippen LogP contribution in [0.3, 0.4) is 0 Å². The van der Waals surface area contributed by atoms with Crippen LogP contribution in [0, 0.1) is 0 Å². The van der Waals surface area contributed by atoms with Crippen molar-refractivity contribution in [1.82, 2.24) is 4.90 Å². The molecule has 0 rings (SSSR count). The maximum Gasteiger partial charge on any atom is 0.00891 e. The summed E-state index contributed by atoms with van der Waals surface area (Å²) in [5.74, 6) is 0. The van der Waals surface area contributed by atoms with Crippen LogP contribution in [0.4, 0.5) is 0 Å². The highest BCUT2D eigenvalue weighted by atomic mass is 79.9. The monoisotopic (exact) mass is 531 g/mol. The van der Waals surface area contributed by atoms with Gasteiger partial charge in [0.25, 0.3) is 0 Å². The van der Waals surface area contributed by atoms with Gasteiger partial charge in [0.15, 0.2) is 0 Å². The number of nitrogens with zero attached hydrogens (tertiary/aromatic N) is 1. The summed E-state index contributed by atoms with van der Waals surface area (Å²) in [6.07, 6.45) is 37.8. The lowest BCUT2D eigenvalue weighted by molar-refractivity contribution is 0.251. The van der Waals surface area contributed by atoms with Crippen molar-refractivity contribution >= 4 is 17.0 Å². The first-order valence-corrected chi connectivity index (χ1v) is 15.4. The standard InChI is InChI=1S/C31H65N.BrH/c1-5-7-9-11-13-15-17-19-21-23-25-27-29-31(32(3)4)30-28-26-24-22-20-18-16-14-12-10-8-6-2;/h31H,5-30H2,1-4H3;1H. The molecule has 0 saturated carbocycles. The van der Waals surface area contributed by atoms with E-state index < -0.39 is 0 Å². The number of halogens is 1. The topological polar surface area (TPSA) is 3.24 Å². The SMILES string of the molecule is Br.CCCCCCCCCCCCCCC(CCCCCCCCCCCCCC)N(C)C. The van der Waals surface area contributed by atoms with Gasteiger partial charge in [0, 0.05) is 6.04 Å². The molecule has 202 valence electrons. The zero-order valence-electron chi connectivity index (χ0n) is 23.8. The Labute approximate surface area is 222 Å². The first-order valence-electron chi connectivity index (χ1n) is 15.4. The van der Waals surface area contributed by atoms with Crippen molar-refractivity contribution in [2.24, 2.45) is 0 Å². The molecule has 0 aliphatic carbocycles. The minimum atomic E-state index is 0. The summed E-state index contributed by atoms with van der Waals surface area (Å²) in [4.78, 5) is 2.50. The molecule has 0 bridgehead atoms. The van der Waals surface area contributed by atoms with Crippen LogP contribution in [0.1, 0.15) is 181 Å². The molecule has 0 heterocycles. The fourth-order valence-electron chi connectivity index (χ4n) is 5.10. The van der Waals surface area contributed by atoms with Gasteiger partial charge in [-0.15, -0.1) is 17.0 Å². The quantitative estimate of drug-likeness (QED) is 0.0951. The van der Waals surface area contributed by atoms with Crippen LogP contribution >= 0.6 is 17.0 Å². The third-order valence-corrected chi connectivity index (χ3v) is 7.51. The third-order valence-electron chi connectivity index (χ3n) is 7.51. The van der Waals surface area contributed by atoms with E-state index in [0.717, 1.165) is 6.04 Å². The maximum atomic E-state index is 2.50. The van der Waals surface area contributed by atoms with Crippen LogP contribution < -0.4 is 0 Å². The van der Waals surface area contributed by atoms with Crippen molar-refractivity contribution in [2.75, 3.05) is 14.1 Å². The number of hydrogen-bond donors (Lipinski definition) is 0. The second-order valence-corrected chi connectivity index (χ2v) is 11.0. The van der Waals surface area contributed by atoms with Crippen molar-refractivity contribution in [3.8, 4) is 0 Å². The Morgan fingerprint density at radius 3 is 0.788 bits per heavy atom. The van der Waals surface area contributed by atoms with E-state index in [1.807, 2.05) is 0 Å². The van der Waals surface area contributed by atoms with Gasteiger partial charge in [0.2, 0.25) is 0 Å². The van der Waals surface area contributed by atoms with Crippen LogP contribution in [0.15, 0.2) is 0 Å². The lowest BCUT2D eigenvalue weighted by Crippen LogP contribution is -2.27. The van der Waals surface area contributed by atoms with Crippen molar-refractivity contribution in [1.29, 1.82) is 0 Å². The highest BCUT2D eigenvalue weighted by molar-refractivity contribution is 8.93. The summed E-state index contributed by atoms with van der Waals surface area (Å²) in [5.41, 5.74) is 0. The van der Waals surface area contributed by atoms with Crippen LogP contribution in [0.25, 0.3) is 0 Å². The predicted molar refractivity (Wildman–Crippen MR) is 159 cm³/mol. The molecule has 0 unspecified atom stereocenters. The molecule has 0 aromatic heterocycles. The van der Waals surface area contributed by atoms with E-state index >= 15 is 0 Å². The first kappa shape index (κ1) is 35.6. The van der Waals surface area contributed by atoms with Crippen LogP contribution in [-0.2, 0) is 0 Å². The van der Waals surface area contributed by atoms with Crippen LogP contribution in [0.2, 0.25) is 0 Å². The van der Waals surface area contributed by atoms with Crippen LogP contribution in [-0.4, -0.2) is 25.0 Å². The van der Waals surface area contributed by atoms with E-state index in [9.17, 15) is 0 Å². The number of unbranched alkanes of at least 4 members (excludes halogenated alkanes) is 22. The molecular weight excluding hydrogens is 466 g/mol. The summed E-state index contributed by atoms with van der Waals surface area (Å²) in [6.45, 7) is 4.61. The average Bonchev–Trinajstić information content (AvgIpc) is 2.78. The molecule has 0 fully saturated rings. The predicted octanol–water partition coefficient (Wildman–Crippen LogP) is 11.7. The smallest absolute Gasteiger partial charge is 0.00891 e. The van der Waals surface area contributed by atoms with Crippen molar-refractivity contribution in [3.63, 3.8) is 0 Å². The zero-order chi connectivity index (χ0) is 23.5. The van der Waals surface area contributed by atoms with E-state index in [1.165, 1.54) is 167 Å². The molecule has 0 saturated heterocycles. The summed E-state index contributed by atoms with van der Waals surface area (Å²) in [5, 5.41) is 0. The maximum absolute atomic E-state index is 2.50. The molecule has 0 aromatic carbocycles. The molecule has 0 aromatic rings. The minimum Gasteiger partial charge on any atom is -0.306 e. The summed E-state index contributed by atoms with van der Waals surface area (Å²) in [6, 6.07) is 0.821. The lowest BCUT2D eigenvalue weighted by Gasteiger charge is -2.24. The molecule has 0 atom stereocenters. The summed E-state index contributed by atoms with van der Waals surface area (Å²) < 4.78 is 0. The zero-order valence-corrected chi connectivity index (χ0v) is 25.5. The molecule has 1 nitrogen and oxygen atoms in total. The summed E-state index contributed by atoms with van der Waals surface area (Å²) in [7, 11) is 4.59. The normalized spacial score (nSPS) is 11.5. The molecule has 2 heteroatoms. The van der Waals surface area contributed by atoms with Gasteiger partial charge < -0.3 is 4.90 Å². The fourth-order valence-corrected chi connectivity index (χ4v) is 5.10. The van der Waals surface area contributed by atoms with E-state index in [4.69, 9.17) is 0 Å². The molecule has 0 aliphatic rings. The average molecular weight is 533 g/mol. The molecule has 0 N–H and O–H groups in total. The summed E-state index contributed by atoms with van der Waals surface area (Å²) >= 11 is 0. The van der Waals surface area contributed by atoms with Gasteiger partial charge in [-0.05, 0) is 26.9 Å². The van der Waals surface area contributed by atoms with Gasteiger partial charge >= 0.3 is 0 Å². The molecule has 0 radical (unpaired) electrons. The van der Waals surface area contributed by atoms with Crippen LogP contribution in [0.5, 0.6) is 0 Å². The lowest BCUT2D eigenvalue weighted by atomic mass is 9.99. The molecule has 0 aliphatic heterocycles. The van der Waals surface area contributed by atoms with Gasteiger partial charge in [-0.25, -0.2) is 0 Å². The van der Waals surface area contributed by atoms with E-state index in [1.54, 1.807) is 0 Å². The minimum absolute atomic E-state index is 0. The second kappa shape index (κ2) is 30.5. The van der Waals surface area contributed by atoms with Crippen molar-refractivity contribution in [3.05, 3.63) is 0 Å². The fraction of sp³-hybridized carbons (Fsp3) is 1.00. The second-order valence-electron chi connectivity index (χ2n) is 11.0. The van der Waals surface area contributed by atoms with E-state index in [2.05, 4.69) is 32.8 Å². The Bertz CT molecular complexity index is 303. The van der Waals surface area contributed by atoms with E-state index in [-0.39, 0.29) is 17.0 Å². The Hall–Kier alpha value is 0.440. The Morgan fingerprint density at radius 2 is 0.576 bits per heavy atom. The molecule has 33 heavy (non-hydrogen) atoms. The van der Waals surface area contributed by atoms with Gasteiger partial charge in [-0.3, -0.25) is 0 Å². The Morgan fingerprint density at radius 1 is 0.364 bits per heavy atom. The first-order chi connectivity index (χ1) is 15.7. The number of hydrogen-bond acceptors (Lipinski definition) is 1. The number of rotatable bonds is 27. The molecule has 0 amide bonds. The van der Waals surface area contributed by atoms with Crippen molar-refractivity contribution < 1.29 is 0 Å². The molecular formula is C31H66BrN. The highest BCUT2D eigenvalue weighted by Crippen LogP contribution is 2.18. The third kappa shape index (κ3) is 28.6. The van der Waals surface area contributed by atoms with Gasteiger partial charge in [-0.1, -0.05) is 168 Å². The Balaban J connectivity index is 0.